The molecule has 0 amide bonds. The molecular weight excluding hydrogens is 114 g/mol. The molecule has 1 aromatic rings. The molecule has 0 aliphatic heterocycles. The first-order valence-electron chi connectivity index (χ1n) is 4.37. The van der Waals surface area contributed by atoms with Gasteiger partial charge in [0.15, 0.2) is 5.89 Å². The Morgan fingerprint density at radius 3 is 2.89 bits per heavy atom. The smallest absolute Gasteiger partial charge is 0.191 e. The number of hydrogen-bond donors (Lipinski definition) is 0. The molecule has 0 radical (unpaired) electrons. The zero-order valence-electron chi connectivity index (χ0n) is 8.51. The Kier molecular flexibility index (Phi) is 0.835. The van der Waals surface area contributed by atoms with E-state index in [0.717, 1.165) is 0 Å². The van der Waals surface area contributed by atoms with Gasteiger partial charge in [-0.3, -0.25) is 0 Å². The van der Waals surface area contributed by atoms with Gasteiger partial charge in [-0.15, -0.1) is 0 Å². The Bertz CT molecular complexity index is 264. The molecule has 0 bridgehead atoms. The molecule has 9 heavy (non-hydrogen) atoms. The maximum atomic E-state index is 7.00. The molecule has 1 aromatic heterocycles. The Labute approximate surface area is 59.1 Å². The molecule has 1 rings (SSSR count). The van der Waals surface area contributed by atoms with Gasteiger partial charge < -0.3 is 4.42 Å². The number of rotatable bonds is 1. The van der Waals surface area contributed by atoms with Gasteiger partial charge in [0.25, 0.3) is 0 Å². The summed E-state index contributed by atoms with van der Waals surface area (Å²) in [6.07, 6.45) is 1.46. The standard InChI is InChI=1S/C7H11NO/c1-5(2)7-4-8-6(3)9-7/h4-5H,1-3H3/i3D3. The second-order valence-corrected chi connectivity index (χ2v) is 2.22. The largest absolute Gasteiger partial charge is 0.446 e. The van der Waals surface area contributed by atoms with Crippen molar-refractivity contribution >= 4 is 0 Å². The highest BCUT2D eigenvalue weighted by molar-refractivity contribution is 4.97. The number of aryl methyl sites for hydroxylation is 1. The van der Waals surface area contributed by atoms with Crippen molar-refractivity contribution in [2.45, 2.75) is 26.6 Å². The van der Waals surface area contributed by atoms with Crippen LogP contribution in [0.1, 0.15) is 35.5 Å². The molecule has 2 nitrogen and oxygen atoms in total. The molecule has 0 spiro atoms. The zero-order chi connectivity index (χ0) is 9.35. The van der Waals surface area contributed by atoms with Crippen molar-refractivity contribution in [2.75, 3.05) is 0 Å². The summed E-state index contributed by atoms with van der Waals surface area (Å²) in [5, 5.41) is 0. The first-order valence-corrected chi connectivity index (χ1v) is 2.87. The van der Waals surface area contributed by atoms with Crippen LogP contribution in [0.2, 0.25) is 0 Å². The molecule has 1 heterocycles. The van der Waals surface area contributed by atoms with E-state index in [2.05, 4.69) is 4.98 Å². The van der Waals surface area contributed by atoms with Crippen LogP contribution in [0.25, 0.3) is 0 Å². The predicted molar refractivity (Wildman–Crippen MR) is 35.3 cm³/mol. The van der Waals surface area contributed by atoms with Gasteiger partial charge in [-0.05, 0) is 0 Å². The Hall–Kier alpha value is -0.790. The second-order valence-electron chi connectivity index (χ2n) is 2.22. The van der Waals surface area contributed by atoms with Gasteiger partial charge >= 0.3 is 0 Å². The maximum absolute atomic E-state index is 7.00. The second kappa shape index (κ2) is 2.21. The van der Waals surface area contributed by atoms with Crippen LogP contribution >= 0.6 is 0 Å². The van der Waals surface area contributed by atoms with Crippen molar-refractivity contribution in [3.63, 3.8) is 0 Å². The van der Waals surface area contributed by atoms with Crippen molar-refractivity contribution in [3.05, 3.63) is 17.8 Å². The number of aromatic nitrogens is 1. The molecule has 0 fully saturated rings. The van der Waals surface area contributed by atoms with Crippen LogP contribution in [-0.4, -0.2) is 4.98 Å². The summed E-state index contributed by atoms with van der Waals surface area (Å²) in [4.78, 5) is 3.68. The van der Waals surface area contributed by atoms with Crippen molar-refractivity contribution in [2.24, 2.45) is 0 Å². The highest BCUT2D eigenvalue weighted by atomic mass is 16.4. The monoisotopic (exact) mass is 128 g/mol. The van der Waals surface area contributed by atoms with Crippen molar-refractivity contribution < 1.29 is 8.53 Å². The number of nitrogens with zero attached hydrogens (tertiary/aromatic N) is 1. The molecular formula is C7H11NO. The molecule has 0 aliphatic rings. The first kappa shape index (κ1) is 3.40. The third-order valence-corrected chi connectivity index (χ3v) is 1.09. The Morgan fingerprint density at radius 2 is 2.56 bits per heavy atom. The molecule has 0 saturated carbocycles. The van der Waals surface area contributed by atoms with Crippen molar-refractivity contribution in [3.8, 4) is 0 Å². The molecule has 0 N–H and O–H groups in total. The summed E-state index contributed by atoms with van der Waals surface area (Å²) in [5.41, 5.74) is 0. The van der Waals surface area contributed by atoms with Gasteiger partial charge in [0.1, 0.15) is 5.76 Å². The minimum Gasteiger partial charge on any atom is -0.446 e. The normalized spacial score (nSPS) is 17.0. The highest BCUT2D eigenvalue weighted by Gasteiger charge is 2.02. The van der Waals surface area contributed by atoms with Crippen LogP contribution in [0.3, 0.4) is 0 Å². The van der Waals surface area contributed by atoms with Gasteiger partial charge in [0.05, 0.1) is 6.20 Å². The fraction of sp³-hybridized carbons (Fsp3) is 0.571. The van der Waals surface area contributed by atoms with Crippen LogP contribution in [-0.2, 0) is 0 Å². The highest BCUT2D eigenvalue weighted by Crippen LogP contribution is 2.13. The van der Waals surface area contributed by atoms with E-state index in [1.54, 1.807) is 0 Å². The summed E-state index contributed by atoms with van der Waals surface area (Å²) in [5.74, 6) is 0.612. The van der Waals surface area contributed by atoms with E-state index in [4.69, 9.17) is 8.53 Å². The van der Waals surface area contributed by atoms with Crippen LogP contribution in [0.5, 0.6) is 0 Å². The quantitative estimate of drug-likeness (QED) is 0.579. The molecule has 2 heteroatoms. The molecule has 0 saturated heterocycles. The van der Waals surface area contributed by atoms with E-state index in [9.17, 15) is 0 Å². The van der Waals surface area contributed by atoms with E-state index in [-0.39, 0.29) is 11.8 Å². The molecule has 0 aliphatic carbocycles. The van der Waals surface area contributed by atoms with Gasteiger partial charge in [0.2, 0.25) is 0 Å². The maximum Gasteiger partial charge on any atom is 0.191 e. The fourth-order valence-electron chi connectivity index (χ4n) is 0.554. The van der Waals surface area contributed by atoms with E-state index < -0.39 is 6.85 Å². The Morgan fingerprint density at radius 1 is 1.78 bits per heavy atom. The summed E-state index contributed by atoms with van der Waals surface area (Å²) in [6, 6.07) is 0. The van der Waals surface area contributed by atoms with Crippen LogP contribution < -0.4 is 0 Å². The van der Waals surface area contributed by atoms with Crippen LogP contribution in [0.4, 0.5) is 0 Å². The lowest BCUT2D eigenvalue weighted by Crippen LogP contribution is -1.80. The first-order chi connectivity index (χ1) is 5.41. The summed E-state index contributed by atoms with van der Waals surface area (Å²) < 4.78 is 26.0. The van der Waals surface area contributed by atoms with E-state index in [0.29, 0.717) is 5.76 Å². The molecule has 0 atom stereocenters. The van der Waals surface area contributed by atoms with E-state index >= 15 is 0 Å². The molecule has 0 aromatic carbocycles. The van der Waals surface area contributed by atoms with Crippen LogP contribution in [0.15, 0.2) is 10.6 Å². The lowest BCUT2D eigenvalue weighted by Gasteiger charge is -1.94. The van der Waals surface area contributed by atoms with E-state index in [1.807, 2.05) is 13.8 Å². The third kappa shape index (κ3) is 1.31. The SMILES string of the molecule is [2H]C([2H])([2H])c1ncc(C(C)C)o1. The summed E-state index contributed by atoms with van der Waals surface area (Å²) >= 11 is 0. The number of hydrogen-bond acceptors (Lipinski definition) is 2. The predicted octanol–water partition coefficient (Wildman–Crippen LogP) is 2.11. The topological polar surface area (TPSA) is 26.0 Å². The third-order valence-electron chi connectivity index (χ3n) is 1.09. The molecule has 50 valence electrons. The minimum absolute atomic E-state index is 0.175. The Balaban J connectivity index is 2.92. The average molecular weight is 128 g/mol. The van der Waals surface area contributed by atoms with E-state index in [1.165, 1.54) is 6.20 Å². The van der Waals surface area contributed by atoms with Crippen molar-refractivity contribution in [1.29, 1.82) is 0 Å². The lowest BCUT2D eigenvalue weighted by atomic mass is 10.2. The fourth-order valence-corrected chi connectivity index (χ4v) is 0.554. The lowest BCUT2D eigenvalue weighted by molar-refractivity contribution is 0.456. The molecule has 0 unspecified atom stereocenters. The summed E-state index contributed by atoms with van der Waals surface area (Å²) in [7, 11) is 0. The van der Waals surface area contributed by atoms with Gasteiger partial charge in [-0.2, -0.15) is 0 Å². The average Bonchev–Trinajstić information content (AvgIpc) is 2.30. The van der Waals surface area contributed by atoms with Crippen LogP contribution in [0, 0.1) is 6.85 Å². The van der Waals surface area contributed by atoms with Gasteiger partial charge in [-0.1, -0.05) is 13.8 Å². The number of oxazole rings is 1. The zero-order valence-corrected chi connectivity index (χ0v) is 5.51. The minimum atomic E-state index is -2.23. The van der Waals surface area contributed by atoms with Gasteiger partial charge in [-0.25, -0.2) is 4.98 Å². The van der Waals surface area contributed by atoms with Crippen molar-refractivity contribution in [1.82, 2.24) is 4.98 Å². The summed E-state index contributed by atoms with van der Waals surface area (Å²) in [6.45, 7) is 1.61. The van der Waals surface area contributed by atoms with Gasteiger partial charge in [0, 0.05) is 16.9 Å².